The average molecular weight is 470 g/mol. The van der Waals surface area contributed by atoms with E-state index in [0.717, 1.165) is 52.5 Å². The van der Waals surface area contributed by atoms with Gasteiger partial charge in [0.15, 0.2) is 0 Å². The fourth-order valence-electron chi connectivity index (χ4n) is 4.51. The van der Waals surface area contributed by atoms with Crippen molar-refractivity contribution >= 4 is 41.2 Å². The molecular formula is C24H27N3O5S. The summed E-state index contributed by atoms with van der Waals surface area (Å²) in [6.07, 6.45) is 5.45. The molecule has 0 atom stereocenters. The van der Waals surface area contributed by atoms with Crippen molar-refractivity contribution in [1.29, 1.82) is 0 Å². The Hall–Kier alpha value is -3.20. The minimum Gasteiger partial charge on any atom is -0.462 e. The molecule has 4 rings (SSSR count). The van der Waals surface area contributed by atoms with Crippen LogP contribution in [0.25, 0.3) is 11.1 Å². The molecule has 1 aliphatic heterocycles. The lowest BCUT2D eigenvalue weighted by Gasteiger charge is -2.24. The standard InChI is InChI=1S/C24H27N3O5S/c1-5-26-21(29)17(20(28)25-24(26)31)12-15-11-13(3)27(14(15)4)22-19(23(30)32-6-2)16-9-7-8-10-18(16)33-22/h11-12H,5-10H2,1-4H3,(H,25,28,31)/b17-12-. The van der Waals surface area contributed by atoms with E-state index in [4.69, 9.17) is 4.74 Å². The smallest absolute Gasteiger partial charge is 0.341 e. The fraction of sp³-hybridized carbons (Fsp3) is 0.417. The highest BCUT2D eigenvalue weighted by Crippen LogP contribution is 2.39. The van der Waals surface area contributed by atoms with Gasteiger partial charge in [-0.1, -0.05) is 0 Å². The predicted molar refractivity (Wildman–Crippen MR) is 125 cm³/mol. The average Bonchev–Trinajstić information content (AvgIpc) is 3.27. The largest absolute Gasteiger partial charge is 0.462 e. The second kappa shape index (κ2) is 8.97. The van der Waals surface area contributed by atoms with E-state index in [1.807, 2.05) is 24.5 Å². The van der Waals surface area contributed by atoms with Crippen LogP contribution in [0, 0.1) is 13.8 Å². The molecule has 174 valence electrons. The van der Waals surface area contributed by atoms with Crippen LogP contribution in [0.5, 0.6) is 0 Å². The Morgan fingerprint density at radius 1 is 1.18 bits per heavy atom. The number of imide groups is 2. The number of aromatic nitrogens is 1. The number of nitrogens with one attached hydrogen (secondary N) is 1. The minimum absolute atomic E-state index is 0.0900. The summed E-state index contributed by atoms with van der Waals surface area (Å²) in [5, 5.41) is 3.03. The van der Waals surface area contributed by atoms with Crippen molar-refractivity contribution in [2.24, 2.45) is 0 Å². The Morgan fingerprint density at radius 2 is 1.91 bits per heavy atom. The molecule has 0 aromatic carbocycles. The number of esters is 1. The molecule has 0 unspecified atom stereocenters. The molecule has 0 saturated carbocycles. The number of barbiturate groups is 1. The van der Waals surface area contributed by atoms with E-state index in [2.05, 4.69) is 5.32 Å². The highest BCUT2D eigenvalue weighted by molar-refractivity contribution is 7.15. The van der Waals surface area contributed by atoms with Crippen molar-refractivity contribution in [3.05, 3.63) is 44.6 Å². The molecule has 8 nitrogen and oxygen atoms in total. The normalized spacial score (nSPS) is 17.4. The predicted octanol–water partition coefficient (Wildman–Crippen LogP) is 3.69. The van der Waals surface area contributed by atoms with Crippen molar-refractivity contribution < 1.29 is 23.9 Å². The van der Waals surface area contributed by atoms with Crippen LogP contribution in [0.4, 0.5) is 4.79 Å². The molecule has 1 N–H and O–H groups in total. The number of aryl methyl sites for hydroxylation is 2. The van der Waals surface area contributed by atoms with Gasteiger partial charge in [-0.3, -0.25) is 19.8 Å². The zero-order chi connectivity index (χ0) is 23.9. The first-order valence-electron chi connectivity index (χ1n) is 11.2. The van der Waals surface area contributed by atoms with Crippen LogP contribution < -0.4 is 5.32 Å². The van der Waals surface area contributed by atoms with Crippen molar-refractivity contribution in [3.63, 3.8) is 0 Å². The van der Waals surface area contributed by atoms with E-state index in [1.165, 1.54) is 11.0 Å². The fourth-order valence-corrected chi connectivity index (χ4v) is 5.99. The third-order valence-corrected chi connectivity index (χ3v) is 7.38. The quantitative estimate of drug-likeness (QED) is 0.409. The van der Waals surface area contributed by atoms with Gasteiger partial charge in [0, 0.05) is 22.8 Å². The maximum absolute atomic E-state index is 12.9. The number of likely N-dealkylation sites (N-methyl/N-ethyl adjacent to an activating group) is 1. The molecule has 0 spiro atoms. The van der Waals surface area contributed by atoms with Gasteiger partial charge in [-0.15, -0.1) is 11.3 Å². The third kappa shape index (κ3) is 3.90. The van der Waals surface area contributed by atoms with Crippen molar-refractivity contribution in [2.75, 3.05) is 13.2 Å². The molecule has 1 aliphatic carbocycles. The molecule has 0 bridgehead atoms. The first kappa shape index (κ1) is 23.0. The van der Waals surface area contributed by atoms with Crippen LogP contribution in [0.15, 0.2) is 11.6 Å². The van der Waals surface area contributed by atoms with E-state index >= 15 is 0 Å². The number of nitrogens with zero attached hydrogens (tertiary/aromatic N) is 2. The van der Waals surface area contributed by atoms with Crippen LogP contribution in [-0.2, 0) is 27.2 Å². The number of hydrogen-bond donors (Lipinski definition) is 1. The van der Waals surface area contributed by atoms with Gasteiger partial charge in [0.25, 0.3) is 11.8 Å². The van der Waals surface area contributed by atoms with Gasteiger partial charge in [0.2, 0.25) is 0 Å². The summed E-state index contributed by atoms with van der Waals surface area (Å²) in [5.41, 5.74) is 3.95. The number of fused-ring (bicyclic) bond motifs is 1. The van der Waals surface area contributed by atoms with Gasteiger partial charge >= 0.3 is 12.0 Å². The molecular weight excluding hydrogens is 442 g/mol. The summed E-state index contributed by atoms with van der Waals surface area (Å²) >= 11 is 1.60. The lowest BCUT2D eigenvalue weighted by Crippen LogP contribution is -2.53. The molecule has 2 aromatic heterocycles. The van der Waals surface area contributed by atoms with Crippen LogP contribution >= 0.6 is 11.3 Å². The summed E-state index contributed by atoms with van der Waals surface area (Å²) < 4.78 is 7.39. The summed E-state index contributed by atoms with van der Waals surface area (Å²) in [4.78, 5) is 52.1. The molecule has 0 radical (unpaired) electrons. The number of rotatable bonds is 5. The number of urea groups is 1. The zero-order valence-corrected chi connectivity index (χ0v) is 20.1. The molecule has 4 amide bonds. The van der Waals surface area contributed by atoms with Gasteiger partial charge in [-0.2, -0.15) is 0 Å². The lowest BCUT2D eigenvalue weighted by molar-refractivity contribution is -0.129. The Labute approximate surface area is 196 Å². The minimum atomic E-state index is -0.710. The Kier molecular flexibility index (Phi) is 6.25. The van der Waals surface area contributed by atoms with E-state index < -0.39 is 17.8 Å². The third-order valence-electron chi connectivity index (χ3n) is 6.11. The number of thiophene rings is 1. The van der Waals surface area contributed by atoms with Crippen LogP contribution in [0.3, 0.4) is 0 Å². The van der Waals surface area contributed by atoms with Crippen molar-refractivity contribution in [3.8, 4) is 5.00 Å². The summed E-state index contributed by atoms with van der Waals surface area (Å²) in [6, 6.07) is 1.17. The van der Waals surface area contributed by atoms with Gasteiger partial charge in [-0.05, 0) is 76.6 Å². The van der Waals surface area contributed by atoms with E-state index in [1.54, 1.807) is 25.2 Å². The van der Waals surface area contributed by atoms with Gasteiger partial charge in [0.1, 0.15) is 10.6 Å². The number of carbonyl (C=O) groups is 4. The highest BCUT2D eigenvalue weighted by Gasteiger charge is 2.35. The van der Waals surface area contributed by atoms with E-state index in [0.29, 0.717) is 17.7 Å². The van der Waals surface area contributed by atoms with Crippen LogP contribution in [0.2, 0.25) is 0 Å². The summed E-state index contributed by atoms with van der Waals surface area (Å²) in [6.45, 7) is 7.75. The van der Waals surface area contributed by atoms with Gasteiger partial charge < -0.3 is 9.30 Å². The molecule has 2 aromatic rings. The molecule has 9 heteroatoms. The highest BCUT2D eigenvalue weighted by atomic mass is 32.1. The molecule has 2 aliphatic rings. The van der Waals surface area contributed by atoms with Crippen molar-refractivity contribution in [1.82, 2.24) is 14.8 Å². The van der Waals surface area contributed by atoms with Crippen LogP contribution in [-0.4, -0.2) is 46.4 Å². The number of hydrogen-bond acceptors (Lipinski definition) is 6. The van der Waals surface area contributed by atoms with Crippen LogP contribution in [0.1, 0.15) is 64.4 Å². The molecule has 33 heavy (non-hydrogen) atoms. The summed E-state index contributed by atoms with van der Waals surface area (Å²) in [5.74, 6) is -1.65. The number of ether oxygens (including phenoxy) is 1. The number of carbonyl (C=O) groups excluding carboxylic acids is 4. The first-order valence-corrected chi connectivity index (χ1v) is 12.0. The SMILES string of the molecule is CCOC(=O)c1c(-n2c(C)cc(/C=C3/C(=O)NC(=O)N(CC)C3=O)c2C)sc2c1CCCC2. The lowest BCUT2D eigenvalue weighted by atomic mass is 9.95. The first-order chi connectivity index (χ1) is 15.8. The Morgan fingerprint density at radius 3 is 2.61 bits per heavy atom. The van der Waals surface area contributed by atoms with E-state index in [9.17, 15) is 19.2 Å². The second-order valence-corrected chi connectivity index (χ2v) is 9.22. The zero-order valence-electron chi connectivity index (χ0n) is 19.2. The molecule has 3 heterocycles. The van der Waals surface area contributed by atoms with Gasteiger partial charge in [-0.25, -0.2) is 9.59 Å². The Balaban J connectivity index is 1.83. The molecule has 1 fully saturated rings. The number of amides is 4. The maximum Gasteiger partial charge on any atom is 0.341 e. The topological polar surface area (TPSA) is 97.7 Å². The second-order valence-electron chi connectivity index (χ2n) is 8.14. The monoisotopic (exact) mass is 469 g/mol. The Bertz CT molecular complexity index is 1200. The summed E-state index contributed by atoms with van der Waals surface area (Å²) in [7, 11) is 0. The molecule has 1 saturated heterocycles. The maximum atomic E-state index is 12.9. The van der Waals surface area contributed by atoms with Crippen molar-refractivity contribution in [2.45, 2.75) is 53.4 Å². The van der Waals surface area contributed by atoms with Gasteiger partial charge in [0.05, 0.1) is 12.2 Å². The van der Waals surface area contributed by atoms with E-state index in [-0.39, 0.29) is 18.1 Å².